The van der Waals surface area contributed by atoms with Crippen molar-refractivity contribution in [2.75, 3.05) is 6.61 Å². The molecule has 1 aliphatic rings. The summed E-state index contributed by atoms with van der Waals surface area (Å²) in [4.78, 5) is 23.6. The van der Waals surface area contributed by atoms with E-state index in [0.717, 1.165) is 18.6 Å². The topological polar surface area (TPSA) is 52.6 Å². The molecule has 0 heterocycles. The van der Waals surface area contributed by atoms with E-state index in [1.54, 1.807) is 31.2 Å². The van der Waals surface area contributed by atoms with Crippen LogP contribution >= 0.6 is 0 Å². The number of benzene rings is 1. The van der Waals surface area contributed by atoms with E-state index in [9.17, 15) is 9.59 Å². The Balaban J connectivity index is 1.97. The predicted octanol–water partition coefficient (Wildman–Crippen LogP) is 3.70. The van der Waals surface area contributed by atoms with Crippen LogP contribution in [-0.2, 0) is 9.53 Å². The van der Waals surface area contributed by atoms with Crippen molar-refractivity contribution in [3.05, 3.63) is 42.0 Å². The number of ketones is 1. The second kappa shape index (κ2) is 7.78. The summed E-state index contributed by atoms with van der Waals surface area (Å²) in [6, 6.07) is 6.84. The Labute approximate surface area is 131 Å². The third kappa shape index (κ3) is 4.20. The van der Waals surface area contributed by atoms with Crippen LogP contribution in [0.4, 0.5) is 0 Å². The molecule has 0 saturated heterocycles. The molecule has 0 radical (unpaired) electrons. The Morgan fingerprint density at radius 2 is 1.77 bits per heavy atom. The maximum Gasteiger partial charge on any atom is 0.341 e. The van der Waals surface area contributed by atoms with Crippen LogP contribution in [0.25, 0.3) is 0 Å². The van der Waals surface area contributed by atoms with Crippen LogP contribution in [0.5, 0.6) is 5.75 Å². The first-order valence-corrected chi connectivity index (χ1v) is 7.79. The number of Topliss-reactive ketones (excluding diaryl/α,β-unsaturated/α-hetero) is 1. The van der Waals surface area contributed by atoms with Crippen LogP contribution in [-0.4, -0.2) is 24.5 Å². The van der Waals surface area contributed by atoms with Crippen molar-refractivity contribution in [3.63, 3.8) is 0 Å². The Kier molecular flexibility index (Phi) is 5.75. The summed E-state index contributed by atoms with van der Waals surface area (Å²) in [5.41, 5.74) is 0.261. The van der Waals surface area contributed by atoms with E-state index < -0.39 is 11.8 Å². The lowest BCUT2D eigenvalue weighted by molar-refractivity contribution is -0.138. The fourth-order valence-corrected chi connectivity index (χ4v) is 2.55. The lowest BCUT2D eigenvalue weighted by atomic mass is 9.98. The van der Waals surface area contributed by atoms with Gasteiger partial charge in [-0.25, -0.2) is 4.79 Å². The summed E-state index contributed by atoms with van der Waals surface area (Å²) in [6.07, 6.45) is 6.13. The maximum atomic E-state index is 12.1. The van der Waals surface area contributed by atoms with Crippen molar-refractivity contribution in [3.8, 4) is 5.75 Å². The summed E-state index contributed by atoms with van der Waals surface area (Å²) >= 11 is 0. The molecule has 0 spiro atoms. The van der Waals surface area contributed by atoms with Gasteiger partial charge in [0.2, 0.25) is 0 Å². The van der Waals surface area contributed by atoms with Gasteiger partial charge >= 0.3 is 5.97 Å². The number of carbonyl (C=O) groups is 2. The largest absolute Gasteiger partial charge is 0.490 e. The minimum Gasteiger partial charge on any atom is -0.490 e. The van der Waals surface area contributed by atoms with E-state index in [4.69, 9.17) is 9.47 Å². The highest BCUT2D eigenvalue weighted by Gasteiger charge is 2.19. The Morgan fingerprint density at radius 3 is 2.36 bits per heavy atom. The molecule has 0 aliphatic heterocycles. The second-order valence-electron chi connectivity index (χ2n) is 5.43. The first-order valence-electron chi connectivity index (χ1n) is 7.79. The molecule has 0 bridgehead atoms. The Hall–Kier alpha value is -2.10. The zero-order chi connectivity index (χ0) is 15.9. The normalized spacial score (nSPS) is 15.1. The fraction of sp³-hybridized carbons (Fsp3) is 0.444. The van der Waals surface area contributed by atoms with Crippen LogP contribution in [0.2, 0.25) is 0 Å². The zero-order valence-electron chi connectivity index (χ0n) is 13.0. The van der Waals surface area contributed by atoms with Crippen molar-refractivity contribution in [1.29, 1.82) is 0 Å². The van der Waals surface area contributed by atoms with Crippen molar-refractivity contribution < 1.29 is 19.1 Å². The molecule has 4 nitrogen and oxygen atoms in total. The predicted molar refractivity (Wildman–Crippen MR) is 84.0 cm³/mol. The van der Waals surface area contributed by atoms with Gasteiger partial charge in [0.25, 0.3) is 0 Å². The second-order valence-corrected chi connectivity index (χ2v) is 5.43. The summed E-state index contributed by atoms with van der Waals surface area (Å²) in [5.74, 6) is -0.331. The molecule has 1 aliphatic carbocycles. The molecule has 4 heteroatoms. The van der Waals surface area contributed by atoms with E-state index in [1.807, 2.05) is 0 Å². The van der Waals surface area contributed by atoms with E-state index in [0.29, 0.717) is 5.56 Å². The lowest BCUT2D eigenvalue weighted by Crippen LogP contribution is -2.19. The van der Waals surface area contributed by atoms with E-state index >= 15 is 0 Å². The van der Waals surface area contributed by atoms with Gasteiger partial charge in [-0.05, 0) is 56.9 Å². The minimum atomic E-state index is -0.671. The third-order valence-electron chi connectivity index (χ3n) is 3.77. The standard InChI is InChI=1S/C18H22O4/c1-3-21-18(20)13(2)17(19)14-9-11-16(12-10-14)22-15-7-5-4-6-8-15/h9-12,15H,2-8H2,1H3. The molecule has 1 aromatic rings. The molecule has 2 rings (SSSR count). The number of rotatable bonds is 6. The summed E-state index contributed by atoms with van der Waals surface area (Å²) in [5, 5.41) is 0. The summed E-state index contributed by atoms with van der Waals surface area (Å²) < 4.78 is 10.7. The zero-order valence-corrected chi connectivity index (χ0v) is 13.0. The van der Waals surface area contributed by atoms with Crippen LogP contribution in [0.3, 0.4) is 0 Å². The van der Waals surface area contributed by atoms with Crippen molar-refractivity contribution in [1.82, 2.24) is 0 Å². The molecule has 0 atom stereocenters. The Bertz CT molecular complexity index is 539. The third-order valence-corrected chi connectivity index (χ3v) is 3.77. The number of carbonyl (C=O) groups excluding carboxylic acids is 2. The molecule has 0 unspecified atom stereocenters. The van der Waals surface area contributed by atoms with Gasteiger partial charge in [-0.3, -0.25) is 4.79 Å². The van der Waals surface area contributed by atoms with Gasteiger partial charge in [0, 0.05) is 5.56 Å². The quantitative estimate of drug-likeness (QED) is 0.264. The number of esters is 1. The number of hydrogen-bond acceptors (Lipinski definition) is 4. The summed E-state index contributed by atoms with van der Waals surface area (Å²) in [7, 11) is 0. The monoisotopic (exact) mass is 302 g/mol. The highest BCUT2D eigenvalue weighted by Crippen LogP contribution is 2.24. The van der Waals surface area contributed by atoms with Crippen molar-refractivity contribution in [2.24, 2.45) is 0 Å². The van der Waals surface area contributed by atoms with Crippen LogP contribution in [0, 0.1) is 0 Å². The SMILES string of the molecule is C=C(C(=O)OCC)C(=O)c1ccc(OC2CCCCC2)cc1. The smallest absolute Gasteiger partial charge is 0.341 e. The van der Waals surface area contributed by atoms with E-state index in [2.05, 4.69) is 6.58 Å². The molecule has 1 saturated carbocycles. The highest BCUT2D eigenvalue weighted by atomic mass is 16.5. The molecule has 1 fully saturated rings. The number of hydrogen-bond donors (Lipinski definition) is 0. The lowest BCUT2D eigenvalue weighted by Gasteiger charge is -2.23. The van der Waals surface area contributed by atoms with Gasteiger partial charge in [-0.2, -0.15) is 0 Å². The van der Waals surface area contributed by atoms with Crippen molar-refractivity contribution in [2.45, 2.75) is 45.1 Å². The molecule has 1 aromatic carbocycles. The average Bonchev–Trinajstić information content (AvgIpc) is 2.55. The summed E-state index contributed by atoms with van der Waals surface area (Å²) in [6.45, 7) is 5.42. The molecular weight excluding hydrogens is 280 g/mol. The maximum absolute atomic E-state index is 12.1. The number of ether oxygens (including phenoxy) is 2. The van der Waals surface area contributed by atoms with Crippen LogP contribution in [0.15, 0.2) is 36.4 Å². The molecule has 0 N–H and O–H groups in total. The molecule has 22 heavy (non-hydrogen) atoms. The fourth-order valence-electron chi connectivity index (χ4n) is 2.55. The van der Waals surface area contributed by atoms with Crippen LogP contribution < -0.4 is 4.74 Å². The average molecular weight is 302 g/mol. The van der Waals surface area contributed by atoms with Crippen LogP contribution in [0.1, 0.15) is 49.4 Å². The van der Waals surface area contributed by atoms with Gasteiger partial charge < -0.3 is 9.47 Å². The first kappa shape index (κ1) is 16.3. The van der Waals surface area contributed by atoms with Gasteiger partial charge in [-0.1, -0.05) is 13.0 Å². The highest BCUT2D eigenvalue weighted by molar-refractivity contribution is 6.23. The van der Waals surface area contributed by atoms with Gasteiger partial charge in [0.15, 0.2) is 5.78 Å². The molecule has 0 amide bonds. The Morgan fingerprint density at radius 1 is 1.14 bits per heavy atom. The van der Waals surface area contributed by atoms with E-state index in [-0.39, 0.29) is 18.3 Å². The molecular formula is C18H22O4. The molecule has 0 aromatic heterocycles. The van der Waals surface area contributed by atoms with Gasteiger partial charge in [0.1, 0.15) is 11.3 Å². The van der Waals surface area contributed by atoms with E-state index in [1.165, 1.54) is 19.3 Å². The van der Waals surface area contributed by atoms with Gasteiger partial charge in [0.05, 0.1) is 12.7 Å². The molecule has 118 valence electrons. The van der Waals surface area contributed by atoms with Crippen molar-refractivity contribution >= 4 is 11.8 Å². The minimum absolute atomic E-state index is 0.150. The van der Waals surface area contributed by atoms with Gasteiger partial charge in [-0.15, -0.1) is 0 Å². The first-order chi connectivity index (χ1) is 10.6.